The van der Waals surface area contributed by atoms with Crippen LogP contribution >= 0.6 is 12.4 Å². The fraction of sp³-hybridized carbons (Fsp3) is 0.381. The van der Waals surface area contributed by atoms with E-state index in [0.29, 0.717) is 6.42 Å². The molecule has 0 spiro atoms. The van der Waals surface area contributed by atoms with Crippen molar-refractivity contribution in [2.75, 3.05) is 27.7 Å². The lowest BCUT2D eigenvalue weighted by molar-refractivity contribution is -0.121. The van der Waals surface area contributed by atoms with Crippen molar-refractivity contribution in [3.63, 3.8) is 0 Å². The third-order valence-electron chi connectivity index (χ3n) is 4.20. The third kappa shape index (κ3) is 7.06. The van der Waals surface area contributed by atoms with Crippen LogP contribution in [0.15, 0.2) is 48.5 Å². The number of carbonyl (C=O) groups excluding carboxylic acids is 1. The molecule has 0 aromatic heterocycles. The summed E-state index contributed by atoms with van der Waals surface area (Å²) >= 11 is 0. The minimum atomic E-state index is 0. The number of ether oxygens (including phenoxy) is 1. The molecule has 2 aromatic carbocycles. The smallest absolute Gasteiger partial charge is 0.224 e. The van der Waals surface area contributed by atoms with E-state index in [1.54, 1.807) is 7.11 Å². The molecule has 0 radical (unpaired) electrons. The third-order valence-corrected chi connectivity index (χ3v) is 4.20. The summed E-state index contributed by atoms with van der Waals surface area (Å²) in [6.45, 7) is 2.99. The predicted octanol–water partition coefficient (Wildman–Crippen LogP) is 3.78. The number of nitrogens with one attached hydrogen (secondary N) is 1. The van der Waals surface area contributed by atoms with E-state index in [0.717, 1.165) is 29.8 Å². The molecule has 0 aliphatic heterocycles. The van der Waals surface area contributed by atoms with Crippen LogP contribution in [-0.2, 0) is 11.2 Å². The van der Waals surface area contributed by atoms with E-state index in [4.69, 9.17) is 4.74 Å². The monoisotopic (exact) mass is 376 g/mol. The molecule has 1 unspecified atom stereocenters. The number of benzene rings is 2. The zero-order valence-corrected chi connectivity index (χ0v) is 16.8. The van der Waals surface area contributed by atoms with Gasteiger partial charge < -0.3 is 15.0 Å². The van der Waals surface area contributed by atoms with E-state index in [-0.39, 0.29) is 24.4 Å². The van der Waals surface area contributed by atoms with Crippen LogP contribution in [0.4, 0.5) is 0 Å². The largest absolute Gasteiger partial charge is 0.497 e. The highest BCUT2D eigenvalue weighted by Crippen LogP contribution is 2.18. The van der Waals surface area contributed by atoms with Gasteiger partial charge in [0.2, 0.25) is 5.91 Å². The molecule has 4 nitrogen and oxygen atoms in total. The fourth-order valence-corrected chi connectivity index (χ4v) is 2.68. The maximum Gasteiger partial charge on any atom is 0.224 e. The number of amides is 1. The Hall–Kier alpha value is -2.04. The molecule has 0 aliphatic rings. The molecule has 1 atom stereocenters. The van der Waals surface area contributed by atoms with Crippen molar-refractivity contribution >= 4 is 18.3 Å². The molecule has 0 saturated heterocycles. The number of hydrogen-bond donors (Lipinski definition) is 1. The minimum absolute atomic E-state index is 0. The molecule has 0 saturated carbocycles. The summed E-state index contributed by atoms with van der Waals surface area (Å²) in [5.74, 6) is 0.835. The van der Waals surface area contributed by atoms with Gasteiger partial charge in [-0.2, -0.15) is 0 Å². The summed E-state index contributed by atoms with van der Waals surface area (Å²) in [7, 11) is 5.73. The quantitative estimate of drug-likeness (QED) is 0.762. The summed E-state index contributed by atoms with van der Waals surface area (Å²) < 4.78 is 5.16. The van der Waals surface area contributed by atoms with Gasteiger partial charge >= 0.3 is 0 Å². The maximum absolute atomic E-state index is 12.5. The minimum Gasteiger partial charge on any atom is -0.497 e. The first kappa shape index (κ1) is 22.0. The van der Waals surface area contributed by atoms with Gasteiger partial charge in [0.25, 0.3) is 0 Å². The number of methoxy groups -OCH3 is 1. The van der Waals surface area contributed by atoms with Gasteiger partial charge in [0.1, 0.15) is 5.75 Å². The highest BCUT2D eigenvalue weighted by atomic mass is 35.5. The zero-order chi connectivity index (χ0) is 18.2. The highest BCUT2D eigenvalue weighted by Gasteiger charge is 2.15. The van der Waals surface area contributed by atoms with Gasteiger partial charge in [-0.3, -0.25) is 4.79 Å². The predicted molar refractivity (Wildman–Crippen MR) is 109 cm³/mol. The molecule has 1 N–H and O–H groups in total. The van der Waals surface area contributed by atoms with E-state index in [2.05, 4.69) is 41.4 Å². The van der Waals surface area contributed by atoms with Gasteiger partial charge in [-0.1, -0.05) is 42.0 Å². The van der Waals surface area contributed by atoms with Crippen molar-refractivity contribution in [3.8, 4) is 5.75 Å². The number of halogens is 1. The van der Waals surface area contributed by atoms with E-state index < -0.39 is 0 Å². The van der Waals surface area contributed by atoms with E-state index in [1.807, 2.05) is 38.4 Å². The average Bonchev–Trinajstić information content (AvgIpc) is 2.60. The molecular formula is C21H29ClN2O2. The number of nitrogens with zero attached hydrogens (tertiary/aromatic N) is 1. The lowest BCUT2D eigenvalue weighted by atomic mass is 10.0. The number of aryl methyl sites for hydroxylation is 1. The van der Waals surface area contributed by atoms with Crippen LogP contribution in [0.25, 0.3) is 0 Å². The molecule has 5 heteroatoms. The highest BCUT2D eigenvalue weighted by molar-refractivity contribution is 5.85. The topological polar surface area (TPSA) is 41.6 Å². The van der Waals surface area contributed by atoms with Gasteiger partial charge in [-0.15, -0.1) is 12.4 Å². The van der Waals surface area contributed by atoms with Crippen LogP contribution in [0.3, 0.4) is 0 Å². The molecule has 142 valence electrons. The SMILES string of the molecule is COc1ccc(CC(=O)NC(CCN(C)C)c2ccc(C)cc2)cc1.Cl. The van der Waals surface area contributed by atoms with Gasteiger partial charge in [-0.25, -0.2) is 0 Å². The summed E-state index contributed by atoms with van der Waals surface area (Å²) in [6, 6.07) is 16.0. The van der Waals surface area contributed by atoms with Crippen molar-refractivity contribution in [1.82, 2.24) is 10.2 Å². The first-order valence-corrected chi connectivity index (χ1v) is 8.61. The van der Waals surface area contributed by atoms with Crippen LogP contribution in [0, 0.1) is 6.92 Å². The Kier molecular flexibility index (Phi) is 9.17. The second kappa shape index (κ2) is 10.8. The van der Waals surface area contributed by atoms with Gasteiger partial charge in [0.15, 0.2) is 0 Å². The van der Waals surface area contributed by atoms with E-state index in [9.17, 15) is 4.79 Å². The Morgan fingerprint density at radius 3 is 2.23 bits per heavy atom. The van der Waals surface area contributed by atoms with Crippen LogP contribution in [-0.4, -0.2) is 38.6 Å². The number of hydrogen-bond acceptors (Lipinski definition) is 3. The molecule has 2 aromatic rings. The maximum atomic E-state index is 12.5. The second-order valence-electron chi connectivity index (χ2n) is 6.65. The molecule has 0 fully saturated rings. The number of carbonyl (C=O) groups is 1. The Bertz CT molecular complexity index is 669. The summed E-state index contributed by atoms with van der Waals surface area (Å²) in [4.78, 5) is 14.6. The Morgan fingerprint density at radius 2 is 1.69 bits per heavy atom. The molecule has 0 heterocycles. The van der Waals surface area contributed by atoms with Crippen molar-refractivity contribution in [2.24, 2.45) is 0 Å². The summed E-state index contributed by atoms with van der Waals surface area (Å²) in [5, 5.41) is 3.19. The Morgan fingerprint density at radius 1 is 1.08 bits per heavy atom. The summed E-state index contributed by atoms with van der Waals surface area (Å²) in [5.41, 5.74) is 3.35. The summed E-state index contributed by atoms with van der Waals surface area (Å²) in [6.07, 6.45) is 1.25. The van der Waals surface area contributed by atoms with Crippen LogP contribution < -0.4 is 10.1 Å². The van der Waals surface area contributed by atoms with E-state index >= 15 is 0 Å². The van der Waals surface area contributed by atoms with Crippen molar-refractivity contribution < 1.29 is 9.53 Å². The molecule has 1 amide bonds. The van der Waals surface area contributed by atoms with Crippen molar-refractivity contribution in [2.45, 2.75) is 25.8 Å². The average molecular weight is 377 g/mol. The van der Waals surface area contributed by atoms with Crippen LogP contribution in [0.2, 0.25) is 0 Å². The first-order valence-electron chi connectivity index (χ1n) is 8.61. The molecule has 0 bridgehead atoms. The molecule has 2 rings (SSSR count). The lowest BCUT2D eigenvalue weighted by Crippen LogP contribution is -2.32. The van der Waals surface area contributed by atoms with Gasteiger partial charge in [0, 0.05) is 0 Å². The van der Waals surface area contributed by atoms with Gasteiger partial charge in [0.05, 0.1) is 19.6 Å². The number of rotatable bonds is 8. The second-order valence-corrected chi connectivity index (χ2v) is 6.65. The zero-order valence-electron chi connectivity index (χ0n) is 16.0. The normalized spacial score (nSPS) is 11.6. The Balaban J connectivity index is 0.00000338. The van der Waals surface area contributed by atoms with Crippen molar-refractivity contribution in [3.05, 3.63) is 65.2 Å². The molecule has 26 heavy (non-hydrogen) atoms. The van der Waals surface area contributed by atoms with Crippen molar-refractivity contribution in [1.29, 1.82) is 0 Å². The standard InChI is InChI=1S/C21H28N2O2.ClH/c1-16-5-9-18(10-6-16)20(13-14-23(2)3)22-21(24)15-17-7-11-19(25-4)12-8-17;/h5-12,20H,13-15H2,1-4H3,(H,22,24);1H. The lowest BCUT2D eigenvalue weighted by Gasteiger charge is -2.21. The first-order chi connectivity index (χ1) is 12.0. The Labute approximate surface area is 163 Å². The molecular weight excluding hydrogens is 348 g/mol. The van der Waals surface area contributed by atoms with Crippen LogP contribution in [0.1, 0.15) is 29.2 Å². The van der Waals surface area contributed by atoms with Crippen LogP contribution in [0.5, 0.6) is 5.75 Å². The van der Waals surface area contributed by atoms with Gasteiger partial charge in [-0.05, 0) is 57.2 Å². The molecule has 0 aliphatic carbocycles. The fourth-order valence-electron chi connectivity index (χ4n) is 2.68. The van der Waals surface area contributed by atoms with E-state index in [1.165, 1.54) is 5.56 Å².